The first-order valence-corrected chi connectivity index (χ1v) is 3.32. The van der Waals surface area contributed by atoms with E-state index < -0.39 is 17.5 Å². The highest BCUT2D eigenvalue weighted by Gasteiger charge is 2.35. The van der Waals surface area contributed by atoms with Crippen LogP contribution in [0.25, 0.3) is 0 Å². The molecule has 0 radical (unpaired) electrons. The Balaban J connectivity index is 3.32. The van der Waals surface area contributed by atoms with Crippen molar-refractivity contribution < 1.29 is 23.0 Å². The Kier molecular flexibility index (Phi) is 2.07. The molecule has 6 heteroatoms. The number of hydrogen-bond acceptors (Lipinski definition) is 2. The third-order valence-electron chi connectivity index (χ3n) is 1.52. The van der Waals surface area contributed by atoms with Crippen LogP contribution in [0.4, 0.5) is 13.2 Å². The highest BCUT2D eigenvalue weighted by atomic mass is 19.4. The fourth-order valence-corrected chi connectivity index (χ4v) is 0.856. The van der Waals surface area contributed by atoms with Crippen LogP contribution in [0.2, 0.25) is 0 Å². The van der Waals surface area contributed by atoms with Crippen LogP contribution >= 0.6 is 0 Å². The fourth-order valence-electron chi connectivity index (χ4n) is 0.856. The lowest BCUT2D eigenvalue weighted by molar-refractivity contribution is -0.613. The second-order valence-electron chi connectivity index (χ2n) is 2.54. The first kappa shape index (κ1) is 9.63. The van der Waals surface area contributed by atoms with Gasteiger partial charge < -0.3 is 10.3 Å². The quantitative estimate of drug-likeness (QED) is 0.499. The molecule has 3 nitrogen and oxygen atoms in total. The summed E-state index contributed by atoms with van der Waals surface area (Å²) in [5, 5.41) is 19.5. The summed E-state index contributed by atoms with van der Waals surface area (Å²) in [6.45, 7) is 1.22. The van der Waals surface area contributed by atoms with Crippen LogP contribution in [0.15, 0.2) is 12.3 Å². The largest absolute Gasteiger partial charge is 0.618 e. The molecule has 0 fully saturated rings. The zero-order chi connectivity index (χ0) is 10.2. The monoisotopic (exact) mass is 193 g/mol. The molecule has 1 aromatic rings. The molecule has 0 unspecified atom stereocenters. The standard InChI is InChI=1S/C7H6F3NO2/c1-4-2-5(7(8,9)10)6(12)3-11(4)13/h2-3,12H,1H3. The molecule has 13 heavy (non-hydrogen) atoms. The molecular formula is C7H6F3NO2. The molecule has 0 aromatic carbocycles. The van der Waals surface area contributed by atoms with Crippen molar-refractivity contribution in [1.82, 2.24) is 0 Å². The molecule has 1 heterocycles. The molecule has 0 bridgehead atoms. The summed E-state index contributed by atoms with van der Waals surface area (Å²) < 4.78 is 36.4. The van der Waals surface area contributed by atoms with E-state index in [0.29, 0.717) is 12.3 Å². The lowest BCUT2D eigenvalue weighted by Crippen LogP contribution is -2.30. The maximum absolute atomic E-state index is 12.1. The number of pyridine rings is 1. The summed E-state index contributed by atoms with van der Waals surface area (Å²) in [5.74, 6) is -1.06. The van der Waals surface area contributed by atoms with Crippen molar-refractivity contribution in [3.8, 4) is 5.75 Å². The molecule has 0 saturated heterocycles. The molecule has 0 aliphatic rings. The van der Waals surface area contributed by atoms with Crippen LogP contribution in [0, 0.1) is 12.1 Å². The van der Waals surface area contributed by atoms with Crippen molar-refractivity contribution in [1.29, 1.82) is 0 Å². The number of aryl methyl sites for hydroxylation is 1. The van der Waals surface area contributed by atoms with Crippen molar-refractivity contribution in [2.24, 2.45) is 0 Å². The van der Waals surface area contributed by atoms with E-state index in [-0.39, 0.29) is 10.4 Å². The van der Waals surface area contributed by atoms with Gasteiger partial charge >= 0.3 is 6.18 Å². The number of nitrogens with zero attached hydrogens (tertiary/aromatic N) is 1. The normalized spacial score (nSPS) is 11.7. The van der Waals surface area contributed by atoms with Crippen LogP contribution in [0.3, 0.4) is 0 Å². The van der Waals surface area contributed by atoms with Gasteiger partial charge in [0.1, 0.15) is 5.56 Å². The Labute approximate surface area is 71.6 Å². The summed E-state index contributed by atoms with van der Waals surface area (Å²) >= 11 is 0. The van der Waals surface area contributed by atoms with Gasteiger partial charge in [0.2, 0.25) is 6.20 Å². The molecule has 0 atom stereocenters. The summed E-state index contributed by atoms with van der Waals surface area (Å²) in [4.78, 5) is 0. The van der Waals surface area contributed by atoms with Gasteiger partial charge in [-0.25, -0.2) is 0 Å². The smallest absolute Gasteiger partial charge is 0.420 e. The summed E-state index contributed by atoms with van der Waals surface area (Å²) in [5.41, 5.74) is -1.32. The lowest BCUT2D eigenvalue weighted by atomic mass is 10.2. The molecule has 0 amide bonds. The minimum atomic E-state index is -4.64. The molecule has 1 aromatic heterocycles. The van der Waals surface area contributed by atoms with E-state index >= 15 is 0 Å². The molecule has 1 N–H and O–H groups in total. The Morgan fingerprint density at radius 1 is 1.46 bits per heavy atom. The molecular weight excluding hydrogens is 187 g/mol. The average Bonchev–Trinajstić information content (AvgIpc) is 1.94. The Morgan fingerprint density at radius 3 is 2.46 bits per heavy atom. The zero-order valence-corrected chi connectivity index (χ0v) is 6.59. The first-order chi connectivity index (χ1) is 5.82. The van der Waals surface area contributed by atoms with Crippen LogP contribution in [-0.4, -0.2) is 5.11 Å². The fraction of sp³-hybridized carbons (Fsp3) is 0.286. The highest BCUT2D eigenvalue weighted by molar-refractivity contribution is 5.30. The maximum atomic E-state index is 12.1. The maximum Gasteiger partial charge on any atom is 0.420 e. The number of alkyl halides is 3. The molecule has 1 rings (SSSR count). The van der Waals surface area contributed by atoms with Crippen LogP contribution in [0.1, 0.15) is 11.3 Å². The summed E-state index contributed by atoms with van der Waals surface area (Å²) in [6, 6.07) is 0.600. The van der Waals surface area contributed by atoms with Gasteiger partial charge in [-0.3, -0.25) is 0 Å². The molecule has 0 spiro atoms. The Hall–Kier alpha value is -1.46. The third-order valence-corrected chi connectivity index (χ3v) is 1.52. The van der Waals surface area contributed by atoms with Gasteiger partial charge in [-0.1, -0.05) is 0 Å². The van der Waals surface area contributed by atoms with Crippen molar-refractivity contribution in [3.05, 3.63) is 28.7 Å². The SMILES string of the molecule is Cc1cc(C(F)(F)F)c(O)c[n+]1[O-]. The molecule has 0 aliphatic heterocycles. The number of aromatic nitrogens is 1. The van der Waals surface area contributed by atoms with Gasteiger partial charge in [0.25, 0.3) is 0 Å². The van der Waals surface area contributed by atoms with E-state index in [1.54, 1.807) is 0 Å². The van der Waals surface area contributed by atoms with E-state index in [9.17, 15) is 18.4 Å². The van der Waals surface area contributed by atoms with Crippen LogP contribution in [0.5, 0.6) is 5.75 Å². The Morgan fingerprint density at radius 2 is 2.00 bits per heavy atom. The predicted molar refractivity (Wildman–Crippen MR) is 36.8 cm³/mol. The Bertz CT molecular complexity index is 335. The van der Waals surface area contributed by atoms with Gasteiger partial charge in [-0.15, -0.1) is 0 Å². The molecule has 0 aliphatic carbocycles. The van der Waals surface area contributed by atoms with Gasteiger partial charge in [0, 0.05) is 13.0 Å². The number of aromatic hydroxyl groups is 1. The summed E-state index contributed by atoms with van der Waals surface area (Å²) in [7, 11) is 0. The number of rotatable bonds is 0. The third kappa shape index (κ3) is 1.82. The van der Waals surface area contributed by atoms with E-state index in [0.717, 1.165) is 0 Å². The summed E-state index contributed by atoms with van der Waals surface area (Å²) in [6.07, 6.45) is -4.15. The highest BCUT2D eigenvalue weighted by Crippen LogP contribution is 2.34. The molecule has 72 valence electrons. The minimum absolute atomic E-state index is 0.120. The van der Waals surface area contributed by atoms with Gasteiger partial charge in [-0.2, -0.15) is 17.9 Å². The number of halogens is 3. The second kappa shape index (κ2) is 2.79. The first-order valence-electron chi connectivity index (χ1n) is 3.32. The van der Waals surface area contributed by atoms with E-state index in [2.05, 4.69) is 0 Å². The lowest BCUT2D eigenvalue weighted by Gasteiger charge is -2.09. The van der Waals surface area contributed by atoms with Crippen molar-refractivity contribution in [2.75, 3.05) is 0 Å². The van der Waals surface area contributed by atoms with Crippen molar-refractivity contribution >= 4 is 0 Å². The van der Waals surface area contributed by atoms with E-state index in [4.69, 9.17) is 5.11 Å². The number of hydrogen-bond donors (Lipinski definition) is 1. The van der Waals surface area contributed by atoms with Crippen molar-refractivity contribution in [2.45, 2.75) is 13.1 Å². The van der Waals surface area contributed by atoms with E-state index in [1.165, 1.54) is 6.92 Å². The van der Waals surface area contributed by atoms with Crippen molar-refractivity contribution in [3.63, 3.8) is 0 Å². The van der Waals surface area contributed by atoms with Gasteiger partial charge in [0.15, 0.2) is 11.4 Å². The van der Waals surface area contributed by atoms with Gasteiger partial charge in [0.05, 0.1) is 0 Å². The predicted octanol–water partition coefficient (Wildman–Crippen LogP) is 1.35. The minimum Gasteiger partial charge on any atom is -0.618 e. The van der Waals surface area contributed by atoms with Crippen LogP contribution in [-0.2, 0) is 6.18 Å². The van der Waals surface area contributed by atoms with Crippen LogP contribution < -0.4 is 4.73 Å². The average molecular weight is 193 g/mol. The topological polar surface area (TPSA) is 47.2 Å². The second-order valence-corrected chi connectivity index (χ2v) is 2.54. The van der Waals surface area contributed by atoms with E-state index in [1.807, 2.05) is 0 Å². The molecule has 0 saturated carbocycles. The van der Waals surface area contributed by atoms with Gasteiger partial charge in [-0.05, 0) is 0 Å². The zero-order valence-electron chi connectivity index (χ0n) is 6.59.